The number of rotatable bonds is 5. The Labute approximate surface area is 137 Å². The van der Waals surface area contributed by atoms with E-state index >= 15 is 0 Å². The van der Waals surface area contributed by atoms with Gasteiger partial charge in [0.1, 0.15) is 0 Å². The van der Waals surface area contributed by atoms with E-state index in [1.54, 1.807) is 0 Å². The molecule has 0 atom stereocenters. The van der Waals surface area contributed by atoms with Gasteiger partial charge in [-0.25, -0.2) is 15.3 Å². The average molecular weight is 356 g/mol. The highest BCUT2D eigenvalue weighted by atomic mass is 19.4. The molecule has 25 heavy (non-hydrogen) atoms. The molecule has 0 saturated carbocycles. The molecule has 1 amide bonds. The van der Waals surface area contributed by atoms with E-state index in [9.17, 15) is 27.6 Å². The minimum absolute atomic E-state index is 0.220. The molecular formula is C13H11F3N6O3. The number of amides is 1. The first-order valence-electron chi connectivity index (χ1n) is 6.68. The number of carbonyl (C=O) groups is 1. The number of hydrazone groups is 1. The lowest BCUT2D eigenvalue weighted by molar-refractivity contribution is -0.137. The summed E-state index contributed by atoms with van der Waals surface area (Å²) in [5.41, 5.74) is -0.760. The molecule has 0 aliphatic carbocycles. The number of alkyl halides is 3. The van der Waals surface area contributed by atoms with Crippen molar-refractivity contribution in [3.8, 4) is 0 Å². The molecule has 12 heteroatoms. The molecule has 0 aliphatic rings. The molecular weight excluding hydrogens is 345 g/mol. The van der Waals surface area contributed by atoms with Crippen LogP contribution in [0.4, 0.5) is 19.0 Å². The monoisotopic (exact) mass is 356 g/mol. The van der Waals surface area contributed by atoms with Crippen molar-refractivity contribution in [3.05, 3.63) is 56.2 Å². The zero-order chi connectivity index (χ0) is 18.4. The van der Waals surface area contributed by atoms with Crippen LogP contribution in [0.3, 0.4) is 0 Å². The quantitative estimate of drug-likeness (QED) is 0.444. The van der Waals surface area contributed by atoms with E-state index in [1.165, 1.54) is 18.2 Å². The van der Waals surface area contributed by atoms with Gasteiger partial charge in [-0.15, -0.1) is 5.10 Å². The van der Waals surface area contributed by atoms with Crippen molar-refractivity contribution in [1.82, 2.24) is 20.6 Å². The molecule has 0 fully saturated rings. The van der Waals surface area contributed by atoms with Gasteiger partial charge in [-0.2, -0.15) is 18.3 Å². The fraction of sp³-hybridized carbons (Fsp3) is 0.154. The summed E-state index contributed by atoms with van der Waals surface area (Å²) in [4.78, 5) is 35.5. The lowest BCUT2D eigenvalue weighted by Crippen LogP contribution is -2.31. The second-order valence-electron chi connectivity index (χ2n) is 4.59. The summed E-state index contributed by atoms with van der Waals surface area (Å²) in [7, 11) is 0. The number of nitrogens with zero attached hydrogens (tertiary/aromatic N) is 2. The van der Waals surface area contributed by atoms with Gasteiger partial charge < -0.3 is 5.32 Å². The van der Waals surface area contributed by atoms with Crippen LogP contribution in [0.5, 0.6) is 0 Å². The van der Waals surface area contributed by atoms with Gasteiger partial charge in [0.05, 0.1) is 18.3 Å². The number of aromatic nitrogens is 3. The van der Waals surface area contributed by atoms with Gasteiger partial charge in [0.2, 0.25) is 5.82 Å². The Morgan fingerprint density at radius 2 is 2.00 bits per heavy atom. The summed E-state index contributed by atoms with van der Waals surface area (Å²) < 4.78 is 38.4. The van der Waals surface area contributed by atoms with Crippen LogP contribution in [-0.4, -0.2) is 33.8 Å². The third-order valence-corrected chi connectivity index (χ3v) is 2.79. The lowest BCUT2D eigenvalue weighted by atomic mass is 10.1. The van der Waals surface area contributed by atoms with Gasteiger partial charge in [-0.05, 0) is 6.07 Å². The van der Waals surface area contributed by atoms with E-state index in [0.717, 1.165) is 12.3 Å². The van der Waals surface area contributed by atoms with Crippen LogP contribution in [0.15, 0.2) is 39.0 Å². The maximum Gasteiger partial charge on any atom is 0.417 e. The van der Waals surface area contributed by atoms with E-state index in [1.807, 2.05) is 15.5 Å². The largest absolute Gasteiger partial charge is 0.417 e. The van der Waals surface area contributed by atoms with Crippen molar-refractivity contribution in [2.75, 3.05) is 11.9 Å². The molecule has 0 saturated heterocycles. The number of hydrogen-bond acceptors (Lipinski definition) is 6. The molecule has 0 aliphatic heterocycles. The minimum atomic E-state index is -4.55. The Hall–Kier alpha value is -3.44. The summed E-state index contributed by atoms with van der Waals surface area (Å²) in [5.74, 6) is -1.05. The summed E-state index contributed by atoms with van der Waals surface area (Å²) >= 11 is 0. The average Bonchev–Trinajstić information content (AvgIpc) is 2.53. The summed E-state index contributed by atoms with van der Waals surface area (Å²) in [5, 5.41) is 11.1. The number of anilines is 1. The highest BCUT2D eigenvalue weighted by Gasteiger charge is 2.32. The molecule has 1 aromatic carbocycles. The van der Waals surface area contributed by atoms with Crippen molar-refractivity contribution in [2.24, 2.45) is 5.10 Å². The molecule has 4 N–H and O–H groups in total. The molecule has 0 spiro atoms. The van der Waals surface area contributed by atoms with Crippen LogP contribution in [0, 0.1) is 0 Å². The van der Waals surface area contributed by atoms with Crippen LogP contribution in [0.25, 0.3) is 0 Å². The molecule has 2 aromatic rings. The summed E-state index contributed by atoms with van der Waals surface area (Å²) in [6.45, 7) is -0.444. The van der Waals surface area contributed by atoms with Crippen molar-refractivity contribution >= 4 is 17.9 Å². The fourth-order valence-electron chi connectivity index (χ4n) is 1.71. The SMILES string of the molecule is O=C(CNc1n[nH]c(=O)[nH]c1=O)N/N=C\c1ccccc1C(F)(F)F. The third kappa shape index (κ3) is 5.02. The van der Waals surface area contributed by atoms with Crippen molar-refractivity contribution < 1.29 is 18.0 Å². The van der Waals surface area contributed by atoms with Crippen molar-refractivity contribution in [3.63, 3.8) is 0 Å². The van der Waals surface area contributed by atoms with Crippen LogP contribution < -0.4 is 22.0 Å². The Kier molecular flexibility index (Phi) is 5.31. The standard InChI is InChI=1S/C13H11F3N6O3/c14-13(15,16)8-4-2-1-3-7(8)5-18-20-9(23)6-17-10-11(24)19-12(25)22-21-10/h1-5H,6H2,(H,17,21)(H,20,23)(H2,19,22,24,25)/b18-5-. The summed E-state index contributed by atoms with van der Waals surface area (Å²) in [6, 6.07) is 4.71. The van der Waals surface area contributed by atoms with Crippen molar-refractivity contribution in [2.45, 2.75) is 6.18 Å². The Morgan fingerprint density at radius 1 is 1.28 bits per heavy atom. The molecule has 132 valence electrons. The molecule has 0 bridgehead atoms. The number of hydrogen-bond donors (Lipinski definition) is 4. The first-order chi connectivity index (χ1) is 11.8. The molecule has 9 nitrogen and oxygen atoms in total. The van der Waals surface area contributed by atoms with E-state index in [4.69, 9.17) is 0 Å². The Balaban J connectivity index is 1.95. The fourth-order valence-corrected chi connectivity index (χ4v) is 1.71. The number of halogens is 3. The minimum Gasteiger partial charge on any atom is -0.355 e. The second kappa shape index (κ2) is 7.42. The molecule has 1 heterocycles. The first-order valence-corrected chi connectivity index (χ1v) is 6.68. The maximum atomic E-state index is 12.8. The van der Waals surface area contributed by atoms with E-state index < -0.39 is 35.4 Å². The smallest absolute Gasteiger partial charge is 0.355 e. The molecule has 0 unspecified atom stereocenters. The zero-order valence-corrected chi connectivity index (χ0v) is 12.3. The third-order valence-electron chi connectivity index (χ3n) is 2.79. The van der Waals surface area contributed by atoms with Crippen LogP contribution in [0.2, 0.25) is 0 Å². The normalized spacial score (nSPS) is 11.5. The number of aromatic amines is 2. The van der Waals surface area contributed by atoms with Gasteiger partial charge in [0.15, 0.2) is 0 Å². The van der Waals surface area contributed by atoms with E-state index in [2.05, 4.69) is 15.5 Å². The van der Waals surface area contributed by atoms with Gasteiger partial charge >= 0.3 is 11.9 Å². The van der Waals surface area contributed by atoms with Gasteiger partial charge in [0, 0.05) is 5.56 Å². The van der Waals surface area contributed by atoms with E-state index in [0.29, 0.717) is 0 Å². The van der Waals surface area contributed by atoms with Gasteiger partial charge in [-0.1, -0.05) is 18.2 Å². The first kappa shape index (κ1) is 17.9. The zero-order valence-electron chi connectivity index (χ0n) is 12.3. The molecule has 0 radical (unpaired) electrons. The second-order valence-corrected chi connectivity index (χ2v) is 4.59. The van der Waals surface area contributed by atoms with E-state index in [-0.39, 0.29) is 11.4 Å². The summed E-state index contributed by atoms with van der Waals surface area (Å²) in [6.07, 6.45) is -3.70. The molecule has 2 rings (SSSR count). The molecule has 1 aromatic heterocycles. The predicted octanol–water partition coefficient (Wildman–Crippen LogP) is 0.0392. The highest BCUT2D eigenvalue weighted by Crippen LogP contribution is 2.30. The van der Waals surface area contributed by atoms with Crippen molar-refractivity contribution in [1.29, 1.82) is 0 Å². The maximum absolute atomic E-state index is 12.8. The van der Waals surface area contributed by atoms with Crippen LogP contribution >= 0.6 is 0 Å². The van der Waals surface area contributed by atoms with Gasteiger partial charge in [-0.3, -0.25) is 14.6 Å². The van der Waals surface area contributed by atoms with Crippen LogP contribution in [-0.2, 0) is 11.0 Å². The highest BCUT2D eigenvalue weighted by molar-refractivity contribution is 5.85. The number of benzene rings is 1. The predicted molar refractivity (Wildman–Crippen MR) is 81.1 cm³/mol. The Morgan fingerprint density at radius 3 is 2.68 bits per heavy atom. The van der Waals surface area contributed by atoms with Gasteiger partial charge in [0.25, 0.3) is 11.5 Å². The lowest BCUT2D eigenvalue weighted by Gasteiger charge is -2.09. The number of nitrogens with one attached hydrogen (secondary N) is 4. The topological polar surface area (TPSA) is 132 Å². The number of carbonyl (C=O) groups excluding carboxylic acids is 1. The Bertz CT molecular complexity index is 903. The van der Waals surface area contributed by atoms with Crippen LogP contribution in [0.1, 0.15) is 11.1 Å². The number of H-pyrrole nitrogens is 2.